The van der Waals surface area contributed by atoms with Crippen LogP contribution in [0.15, 0.2) is 9.59 Å². The molecule has 0 aromatic carbocycles. The van der Waals surface area contributed by atoms with Gasteiger partial charge in [-0.2, -0.15) is 0 Å². The Morgan fingerprint density at radius 3 is 2.65 bits per heavy atom. The molecule has 0 radical (unpaired) electrons. The third-order valence-corrected chi connectivity index (χ3v) is 3.98. The number of anilines is 2. The van der Waals surface area contributed by atoms with Crippen LogP contribution in [0.5, 0.6) is 0 Å². The first-order valence-corrected chi connectivity index (χ1v) is 7.04. The van der Waals surface area contributed by atoms with E-state index in [9.17, 15) is 9.59 Å². The van der Waals surface area contributed by atoms with E-state index in [0.717, 1.165) is 25.6 Å². The van der Waals surface area contributed by atoms with Gasteiger partial charge in [0.1, 0.15) is 11.5 Å². The molecule has 0 unspecified atom stereocenters. The van der Waals surface area contributed by atoms with Crippen LogP contribution in [0.4, 0.5) is 11.5 Å². The number of hydrogen-bond donors (Lipinski definition) is 3. The average molecular weight is 281 g/mol. The first-order chi connectivity index (χ1) is 9.49. The third kappa shape index (κ3) is 3.22. The van der Waals surface area contributed by atoms with Gasteiger partial charge in [0, 0.05) is 20.1 Å². The van der Waals surface area contributed by atoms with Gasteiger partial charge in [0.2, 0.25) is 0 Å². The molecule has 1 aromatic heterocycles. The Kier molecular flexibility index (Phi) is 4.49. The molecule has 7 heteroatoms. The number of piperidine rings is 1. The van der Waals surface area contributed by atoms with Crippen molar-refractivity contribution in [3.63, 3.8) is 0 Å². The molecule has 1 aliphatic rings. The number of nitrogens with zero attached hydrogens (tertiary/aromatic N) is 2. The van der Waals surface area contributed by atoms with E-state index < -0.39 is 11.2 Å². The van der Waals surface area contributed by atoms with Gasteiger partial charge < -0.3 is 16.0 Å². The summed E-state index contributed by atoms with van der Waals surface area (Å²) in [4.78, 5) is 27.7. The Balaban J connectivity index is 1.93. The largest absolute Gasteiger partial charge is 0.383 e. The second-order valence-corrected chi connectivity index (χ2v) is 5.53. The normalized spacial score (nSPS) is 17.3. The van der Waals surface area contributed by atoms with Crippen molar-refractivity contribution in [2.24, 2.45) is 13.0 Å². The van der Waals surface area contributed by atoms with Gasteiger partial charge >= 0.3 is 5.69 Å². The Morgan fingerprint density at radius 1 is 1.35 bits per heavy atom. The van der Waals surface area contributed by atoms with E-state index in [1.807, 2.05) is 0 Å². The molecule has 1 aliphatic heterocycles. The Labute approximate surface area is 117 Å². The van der Waals surface area contributed by atoms with Gasteiger partial charge in [-0.1, -0.05) is 6.92 Å². The highest BCUT2D eigenvalue weighted by molar-refractivity contribution is 5.60. The lowest BCUT2D eigenvalue weighted by atomic mass is 9.99. The molecular formula is C13H23N5O2. The van der Waals surface area contributed by atoms with Crippen molar-refractivity contribution in [3.05, 3.63) is 20.8 Å². The molecule has 2 heterocycles. The SMILES string of the molecule is CC1CCN(CCNc2c(N)n(C)c(=O)[nH]c2=O)CC1. The molecule has 4 N–H and O–H groups in total. The van der Waals surface area contributed by atoms with Crippen LogP contribution in [0.25, 0.3) is 0 Å². The Bertz CT molecular complexity index is 569. The van der Waals surface area contributed by atoms with Crippen LogP contribution in [-0.2, 0) is 7.05 Å². The maximum absolute atomic E-state index is 11.7. The minimum Gasteiger partial charge on any atom is -0.383 e. The van der Waals surface area contributed by atoms with E-state index in [1.165, 1.54) is 24.5 Å². The summed E-state index contributed by atoms with van der Waals surface area (Å²) in [6, 6.07) is 0. The van der Waals surface area contributed by atoms with E-state index in [0.29, 0.717) is 6.54 Å². The number of nitrogens with one attached hydrogen (secondary N) is 2. The first-order valence-electron chi connectivity index (χ1n) is 7.04. The quantitative estimate of drug-likeness (QED) is 0.710. The summed E-state index contributed by atoms with van der Waals surface area (Å²) in [5, 5.41) is 3.04. The van der Waals surface area contributed by atoms with Crippen LogP contribution in [-0.4, -0.2) is 40.6 Å². The number of likely N-dealkylation sites (tertiary alicyclic amines) is 1. The summed E-state index contributed by atoms with van der Waals surface area (Å²) in [5.41, 5.74) is 5.11. The maximum Gasteiger partial charge on any atom is 0.329 e. The van der Waals surface area contributed by atoms with Crippen molar-refractivity contribution in [2.75, 3.05) is 37.2 Å². The summed E-state index contributed by atoms with van der Waals surface area (Å²) in [6.07, 6.45) is 2.45. The Hall–Kier alpha value is -1.76. The predicted molar refractivity (Wildman–Crippen MR) is 80.0 cm³/mol. The molecular weight excluding hydrogens is 258 g/mol. The zero-order valence-corrected chi connectivity index (χ0v) is 12.1. The van der Waals surface area contributed by atoms with Crippen molar-refractivity contribution in [3.8, 4) is 0 Å². The number of aromatic nitrogens is 2. The first kappa shape index (κ1) is 14.6. The molecule has 0 spiro atoms. The standard InChI is InChI=1S/C13H23N5O2/c1-9-3-6-18(7-4-9)8-5-15-10-11(14)17(2)13(20)16-12(10)19/h9,15H,3-8,14H2,1-2H3,(H,16,19,20). The second kappa shape index (κ2) is 6.13. The summed E-state index contributed by atoms with van der Waals surface area (Å²) < 4.78 is 1.23. The number of hydrogen-bond acceptors (Lipinski definition) is 5. The number of H-pyrrole nitrogens is 1. The summed E-state index contributed by atoms with van der Waals surface area (Å²) >= 11 is 0. The fraction of sp³-hybridized carbons (Fsp3) is 0.692. The summed E-state index contributed by atoms with van der Waals surface area (Å²) in [7, 11) is 1.53. The van der Waals surface area contributed by atoms with Gasteiger partial charge in [0.05, 0.1) is 0 Å². The molecule has 0 aliphatic carbocycles. The lowest BCUT2D eigenvalue weighted by molar-refractivity contribution is 0.199. The monoisotopic (exact) mass is 281 g/mol. The van der Waals surface area contributed by atoms with Gasteiger partial charge in [-0.3, -0.25) is 14.3 Å². The highest BCUT2D eigenvalue weighted by atomic mass is 16.2. The van der Waals surface area contributed by atoms with Crippen molar-refractivity contribution < 1.29 is 0 Å². The lowest BCUT2D eigenvalue weighted by Gasteiger charge is -2.30. The van der Waals surface area contributed by atoms with Crippen molar-refractivity contribution in [2.45, 2.75) is 19.8 Å². The van der Waals surface area contributed by atoms with E-state index in [1.54, 1.807) is 0 Å². The molecule has 1 aromatic rings. The molecule has 0 amide bonds. The number of nitrogen functional groups attached to an aromatic ring is 1. The van der Waals surface area contributed by atoms with Crippen LogP contribution in [0.3, 0.4) is 0 Å². The molecule has 0 atom stereocenters. The smallest absolute Gasteiger partial charge is 0.329 e. The molecule has 1 saturated heterocycles. The van der Waals surface area contributed by atoms with Crippen LogP contribution in [0.2, 0.25) is 0 Å². The molecule has 7 nitrogen and oxygen atoms in total. The zero-order valence-electron chi connectivity index (χ0n) is 12.1. The minimum absolute atomic E-state index is 0.172. The minimum atomic E-state index is -0.497. The molecule has 1 fully saturated rings. The summed E-state index contributed by atoms with van der Waals surface area (Å²) in [5.74, 6) is 0.979. The van der Waals surface area contributed by atoms with Crippen LogP contribution in [0, 0.1) is 5.92 Å². The number of rotatable bonds is 4. The average Bonchev–Trinajstić information content (AvgIpc) is 2.42. The number of aromatic amines is 1. The molecule has 20 heavy (non-hydrogen) atoms. The van der Waals surface area contributed by atoms with Crippen molar-refractivity contribution >= 4 is 11.5 Å². The van der Waals surface area contributed by atoms with E-state index in [2.05, 4.69) is 22.1 Å². The van der Waals surface area contributed by atoms with Gasteiger partial charge in [0.15, 0.2) is 0 Å². The fourth-order valence-corrected chi connectivity index (χ4v) is 2.43. The van der Waals surface area contributed by atoms with Gasteiger partial charge in [-0.25, -0.2) is 4.79 Å². The second-order valence-electron chi connectivity index (χ2n) is 5.53. The van der Waals surface area contributed by atoms with Crippen LogP contribution in [0.1, 0.15) is 19.8 Å². The topological polar surface area (TPSA) is 96.2 Å². The lowest BCUT2D eigenvalue weighted by Crippen LogP contribution is -2.37. The van der Waals surface area contributed by atoms with E-state index >= 15 is 0 Å². The van der Waals surface area contributed by atoms with Crippen molar-refractivity contribution in [1.82, 2.24) is 14.5 Å². The third-order valence-electron chi connectivity index (χ3n) is 3.98. The fourth-order valence-electron chi connectivity index (χ4n) is 2.43. The summed E-state index contributed by atoms with van der Waals surface area (Å²) in [6.45, 7) is 5.98. The highest BCUT2D eigenvalue weighted by Crippen LogP contribution is 2.15. The maximum atomic E-state index is 11.7. The van der Waals surface area contributed by atoms with Crippen LogP contribution >= 0.6 is 0 Å². The number of nitrogens with two attached hydrogens (primary N) is 1. The van der Waals surface area contributed by atoms with Crippen molar-refractivity contribution in [1.29, 1.82) is 0 Å². The van der Waals surface area contributed by atoms with E-state index in [4.69, 9.17) is 5.73 Å². The highest BCUT2D eigenvalue weighted by Gasteiger charge is 2.15. The Morgan fingerprint density at radius 2 is 2.00 bits per heavy atom. The van der Waals surface area contributed by atoms with Crippen LogP contribution < -0.4 is 22.3 Å². The zero-order chi connectivity index (χ0) is 14.7. The molecule has 0 bridgehead atoms. The van der Waals surface area contributed by atoms with E-state index in [-0.39, 0.29) is 11.5 Å². The predicted octanol–water partition coefficient (Wildman–Crippen LogP) is -0.200. The molecule has 0 saturated carbocycles. The molecule has 112 valence electrons. The van der Waals surface area contributed by atoms with Gasteiger partial charge in [0.25, 0.3) is 5.56 Å². The molecule has 2 rings (SSSR count). The van der Waals surface area contributed by atoms with Gasteiger partial charge in [-0.15, -0.1) is 0 Å². The van der Waals surface area contributed by atoms with Gasteiger partial charge in [-0.05, 0) is 31.8 Å².